The van der Waals surface area contributed by atoms with Gasteiger partial charge in [-0.15, -0.1) is 0 Å². The van der Waals surface area contributed by atoms with Crippen molar-refractivity contribution in [1.82, 2.24) is 39.4 Å². The third-order valence-electron chi connectivity index (χ3n) is 7.44. The van der Waals surface area contributed by atoms with Gasteiger partial charge in [0.15, 0.2) is 5.96 Å². The molecule has 3 fully saturated rings. The lowest BCUT2D eigenvalue weighted by Gasteiger charge is -2.33. The second kappa shape index (κ2) is 17.7. The second-order valence-corrected chi connectivity index (χ2v) is 12.9. The molecule has 19 heteroatoms. The lowest BCUT2D eigenvalue weighted by molar-refractivity contribution is -0.136. The number of nitrogens with one attached hydrogen (secondary N) is 4. The van der Waals surface area contributed by atoms with Crippen LogP contribution in [-0.4, -0.2) is 138 Å². The maximum Gasteiger partial charge on any atom is 0.300 e. The minimum Gasteiger partial charge on any atom is -0.481 e. The second-order valence-electron chi connectivity index (χ2n) is 11.2. The van der Waals surface area contributed by atoms with Crippen LogP contribution in [0.15, 0.2) is 18.6 Å². The van der Waals surface area contributed by atoms with Crippen molar-refractivity contribution < 1.29 is 37.4 Å². The lowest BCUT2D eigenvalue weighted by Crippen LogP contribution is -2.56. The fraction of sp³-hybridized carbons (Fsp3) is 0.667. The quantitative estimate of drug-likeness (QED) is 0.0980. The predicted molar refractivity (Wildman–Crippen MR) is 164 cm³/mol. The van der Waals surface area contributed by atoms with Crippen molar-refractivity contribution in [3.63, 3.8) is 0 Å². The fourth-order valence-corrected chi connectivity index (χ4v) is 6.37. The SMILES string of the molecule is CC(=O)O.N=C(N)N1CCC[C@@H](CNC(=O)C[C@H](NS(=O)(=O)N2CCOCC2)C(=O)N(CCNC(=O)c2cnccn2)C2CC2)C1. The molecule has 1 aliphatic carbocycles. The predicted octanol–water partition coefficient (Wildman–Crippen LogP) is -2.06. The first kappa shape index (κ1) is 36.5. The molecule has 3 amide bonds. The van der Waals surface area contributed by atoms with Crippen LogP contribution in [0.1, 0.15) is 49.5 Å². The zero-order chi connectivity index (χ0) is 33.7. The van der Waals surface area contributed by atoms with Gasteiger partial charge in [0.1, 0.15) is 11.7 Å². The van der Waals surface area contributed by atoms with Gasteiger partial charge in [-0.1, -0.05) is 0 Å². The summed E-state index contributed by atoms with van der Waals surface area (Å²) in [4.78, 5) is 59.3. The number of nitrogens with zero attached hydrogens (tertiary/aromatic N) is 5. The third-order valence-corrected chi connectivity index (χ3v) is 9.07. The molecule has 2 atom stereocenters. The minimum atomic E-state index is -4.09. The Balaban J connectivity index is 0.00000136. The normalized spacial score (nSPS) is 19.2. The van der Waals surface area contributed by atoms with Crippen molar-refractivity contribution in [2.45, 2.75) is 51.1 Å². The molecule has 0 aromatic carbocycles. The molecule has 3 heterocycles. The number of carbonyl (C=O) groups is 4. The fourth-order valence-electron chi connectivity index (χ4n) is 5.04. The van der Waals surface area contributed by atoms with E-state index in [0.29, 0.717) is 19.6 Å². The zero-order valence-corrected chi connectivity index (χ0v) is 26.7. The highest BCUT2D eigenvalue weighted by Gasteiger charge is 2.39. The van der Waals surface area contributed by atoms with E-state index < -0.39 is 39.9 Å². The number of carbonyl (C=O) groups excluding carboxylic acids is 3. The summed E-state index contributed by atoms with van der Waals surface area (Å²) in [7, 11) is -4.09. The molecule has 0 unspecified atom stereocenters. The Morgan fingerprint density at radius 3 is 2.46 bits per heavy atom. The zero-order valence-electron chi connectivity index (χ0n) is 25.9. The molecule has 0 bridgehead atoms. The summed E-state index contributed by atoms with van der Waals surface area (Å²) in [5, 5.41) is 20.6. The van der Waals surface area contributed by atoms with Crippen molar-refractivity contribution in [3.8, 4) is 0 Å². The topological polar surface area (TPSA) is 253 Å². The van der Waals surface area contributed by atoms with Crippen molar-refractivity contribution >= 4 is 39.9 Å². The van der Waals surface area contributed by atoms with Crippen LogP contribution in [0.4, 0.5) is 0 Å². The Labute approximate surface area is 268 Å². The third kappa shape index (κ3) is 12.1. The molecule has 7 N–H and O–H groups in total. The van der Waals surface area contributed by atoms with Gasteiger partial charge in [-0.25, -0.2) is 4.98 Å². The number of guanidine groups is 1. The molecule has 2 aliphatic heterocycles. The number of hydrogen-bond acceptors (Lipinski definition) is 10. The van der Waals surface area contributed by atoms with E-state index in [4.69, 9.17) is 25.8 Å². The lowest BCUT2D eigenvalue weighted by atomic mass is 9.98. The molecule has 3 aliphatic rings. The van der Waals surface area contributed by atoms with Crippen LogP contribution in [-0.2, 0) is 29.3 Å². The molecular formula is C27H44N10O8S. The Kier molecular flexibility index (Phi) is 14.0. The van der Waals surface area contributed by atoms with Crippen LogP contribution in [0.25, 0.3) is 0 Å². The highest BCUT2D eigenvalue weighted by Crippen LogP contribution is 2.27. The van der Waals surface area contributed by atoms with Crippen molar-refractivity contribution in [1.29, 1.82) is 5.41 Å². The van der Waals surface area contributed by atoms with Crippen molar-refractivity contribution in [3.05, 3.63) is 24.3 Å². The largest absolute Gasteiger partial charge is 0.481 e. The van der Waals surface area contributed by atoms with E-state index >= 15 is 0 Å². The summed E-state index contributed by atoms with van der Waals surface area (Å²) >= 11 is 0. The number of rotatable bonds is 13. The van der Waals surface area contributed by atoms with Gasteiger partial charge in [0.05, 0.1) is 25.8 Å². The Morgan fingerprint density at radius 1 is 1.15 bits per heavy atom. The average molecular weight is 669 g/mol. The molecule has 256 valence electrons. The standard InChI is InChI=1S/C25H40N10O6S.C2H4O2/c26-25(27)33-8-1-2-18(17-33)15-31-22(36)14-20(32-42(39,40)34-10-12-41-13-11-34)24(38)35(19-3-4-19)9-7-30-23(37)21-16-28-5-6-29-21;1-2(3)4/h5-6,16,18-20,32H,1-4,7-15,17H2,(H3,26,27)(H,30,37)(H,31,36);1H3,(H,3,4)/t18-,20-;/m0./s1. The Bertz CT molecular complexity index is 1300. The molecule has 1 saturated carbocycles. The molecule has 18 nitrogen and oxygen atoms in total. The van der Waals surface area contributed by atoms with Gasteiger partial charge in [0.2, 0.25) is 11.8 Å². The van der Waals surface area contributed by atoms with E-state index in [1.807, 2.05) is 0 Å². The van der Waals surface area contributed by atoms with Gasteiger partial charge in [0.25, 0.3) is 22.1 Å². The molecule has 2 saturated heterocycles. The number of likely N-dealkylation sites (tertiary alicyclic amines) is 1. The van der Waals surface area contributed by atoms with Crippen molar-refractivity contribution in [2.75, 3.05) is 59.0 Å². The first-order valence-corrected chi connectivity index (χ1v) is 16.6. The van der Waals surface area contributed by atoms with Crippen LogP contribution >= 0.6 is 0 Å². The van der Waals surface area contributed by atoms with Gasteiger partial charge in [-0.05, 0) is 31.6 Å². The number of morpholine rings is 1. The summed E-state index contributed by atoms with van der Waals surface area (Å²) in [5.41, 5.74) is 5.76. The van der Waals surface area contributed by atoms with Crippen LogP contribution in [0, 0.1) is 11.3 Å². The summed E-state index contributed by atoms with van der Waals surface area (Å²) in [5.74, 6) is -2.21. The Morgan fingerprint density at radius 2 is 1.85 bits per heavy atom. The van der Waals surface area contributed by atoms with E-state index in [9.17, 15) is 22.8 Å². The molecule has 0 spiro atoms. The van der Waals surface area contributed by atoms with Gasteiger partial charge in [-0.3, -0.25) is 29.6 Å². The van der Waals surface area contributed by atoms with Crippen LogP contribution in [0.5, 0.6) is 0 Å². The van der Waals surface area contributed by atoms with Gasteiger partial charge in [-0.2, -0.15) is 17.4 Å². The number of piperidine rings is 1. The first-order chi connectivity index (χ1) is 21.9. The monoisotopic (exact) mass is 668 g/mol. The highest BCUT2D eigenvalue weighted by molar-refractivity contribution is 7.87. The van der Waals surface area contributed by atoms with Crippen molar-refractivity contribution in [2.24, 2.45) is 11.7 Å². The van der Waals surface area contributed by atoms with E-state index in [1.54, 1.807) is 4.90 Å². The molecule has 4 rings (SSSR count). The van der Waals surface area contributed by atoms with Crippen LogP contribution < -0.4 is 21.1 Å². The number of nitrogens with two attached hydrogens (primary N) is 1. The molecule has 1 aromatic heterocycles. The molecule has 46 heavy (non-hydrogen) atoms. The van der Waals surface area contributed by atoms with Crippen LogP contribution in [0.2, 0.25) is 0 Å². The van der Waals surface area contributed by atoms with E-state index in [1.165, 1.54) is 27.8 Å². The first-order valence-electron chi connectivity index (χ1n) is 15.1. The maximum atomic E-state index is 13.8. The molecular weight excluding hydrogens is 624 g/mol. The van der Waals surface area contributed by atoms with E-state index in [2.05, 4.69) is 25.3 Å². The average Bonchev–Trinajstić information content (AvgIpc) is 3.87. The Hall–Kier alpha value is -3.94. The number of hydrogen-bond donors (Lipinski definition) is 6. The summed E-state index contributed by atoms with van der Waals surface area (Å²) in [6.45, 7) is 3.62. The van der Waals surface area contributed by atoms with E-state index in [0.717, 1.165) is 32.6 Å². The maximum absolute atomic E-state index is 13.8. The van der Waals surface area contributed by atoms with Gasteiger partial charge >= 0.3 is 0 Å². The van der Waals surface area contributed by atoms with Crippen LogP contribution in [0.3, 0.4) is 0 Å². The number of amides is 3. The van der Waals surface area contributed by atoms with Gasteiger partial charge in [0, 0.05) is 71.2 Å². The molecule has 1 aromatic rings. The molecule has 0 radical (unpaired) electrons. The smallest absolute Gasteiger partial charge is 0.300 e. The number of aromatic nitrogens is 2. The number of carboxylic acid groups (broad SMARTS) is 1. The number of carboxylic acids is 1. The summed E-state index contributed by atoms with van der Waals surface area (Å²) in [6.07, 6.45) is 6.98. The van der Waals surface area contributed by atoms with Gasteiger partial charge < -0.3 is 36.0 Å². The summed E-state index contributed by atoms with van der Waals surface area (Å²) < 4.78 is 35.3. The minimum absolute atomic E-state index is 0.0118. The number of ether oxygens (including phenoxy) is 1. The van der Waals surface area contributed by atoms with E-state index in [-0.39, 0.29) is 69.4 Å². The highest BCUT2D eigenvalue weighted by atomic mass is 32.2. The summed E-state index contributed by atoms with van der Waals surface area (Å²) in [6, 6.07) is -1.45. The number of aliphatic carboxylic acids is 1.